The fraction of sp³-hybridized carbons (Fsp3) is 0.259. The van der Waals surface area contributed by atoms with Crippen LogP contribution in [0.4, 0.5) is 0 Å². The summed E-state index contributed by atoms with van der Waals surface area (Å²) in [7, 11) is 0. The highest BCUT2D eigenvalue weighted by Crippen LogP contribution is 2.38. The summed E-state index contributed by atoms with van der Waals surface area (Å²) >= 11 is 0. The van der Waals surface area contributed by atoms with Crippen molar-refractivity contribution < 1.29 is 19.1 Å². The molecule has 3 aromatic carbocycles. The molecule has 0 atom stereocenters. The molecule has 0 amide bonds. The van der Waals surface area contributed by atoms with Crippen molar-refractivity contribution in [3.05, 3.63) is 95.1 Å². The summed E-state index contributed by atoms with van der Waals surface area (Å²) in [5.74, 6) is 0.0488. The maximum Gasteiger partial charge on any atom is 0.343 e. The molecule has 0 spiro atoms. The molecule has 0 bridgehead atoms. The van der Waals surface area contributed by atoms with Crippen LogP contribution in [-0.2, 0) is 12.8 Å². The SMILES string of the molecule is CCCc1ccc(CC(C)C)c(OC(=O)c2ccccc2)c1OC(=O)c1ccccc1. The average Bonchev–Trinajstić information content (AvgIpc) is 2.78. The molecule has 4 nitrogen and oxygen atoms in total. The third-order valence-corrected chi connectivity index (χ3v) is 4.83. The van der Waals surface area contributed by atoms with E-state index >= 15 is 0 Å². The number of rotatable bonds is 8. The smallest absolute Gasteiger partial charge is 0.343 e. The molecule has 4 heteroatoms. The molecule has 0 N–H and O–H groups in total. The van der Waals surface area contributed by atoms with Gasteiger partial charge in [0.2, 0.25) is 0 Å². The van der Waals surface area contributed by atoms with Crippen LogP contribution in [0.3, 0.4) is 0 Å². The minimum absolute atomic E-state index is 0.331. The minimum atomic E-state index is -0.476. The van der Waals surface area contributed by atoms with E-state index in [0.717, 1.165) is 17.5 Å². The van der Waals surface area contributed by atoms with Crippen LogP contribution in [0.2, 0.25) is 0 Å². The molecule has 0 fully saturated rings. The van der Waals surface area contributed by atoms with Crippen molar-refractivity contribution in [2.24, 2.45) is 5.92 Å². The normalized spacial score (nSPS) is 10.7. The van der Waals surface area contributed by atoms with Crippen LogP contribution in [0, 0.1) is 5.92 Å². The number of benzene rings is 3. The molecule has 160 valence electrons. The lowest BCUT2D eigenvalue weighted by Crippen LogP contribution is -2.15. The van der Waals surface area contributed by atoms with Gasteiger partial charge in [-0.15, -0.1) is 0 Å². The van der Waals surface area contributed by atoms with E-state index in [4.69, 9.17) is 9.47 Å². The summed E-state index contributed by atoms with van der Waals surface area (Å²) < 4.78 is 11.7. The topological polar surface area (TPSA) is 52.6 Å². The summed E-state index contributed by atoms with van der Waals surface area (Å²) in [5.41, 5.74) is 2.57. The number of ether oxygens (including phenoxy) is 2. The lowest BCUT2D eigenvalue weighted by atomic mass is 9.98. The molecule has 0 aliphatic heterocycles. The lowest BCUT2D eigenvalue weighted by Gasteiger charge is -2.19. The Hall–Kier alpha value is -3.40. The second-order valence-electron chi connectivity index (χ2n) is 7.90. The molecule has 0 saturated carbocycles. The Morgan fingerprint density at radius 1 is 0.710 bits per heavy atom. The van der Waals surface area contributed by atoms with Gasteiger partial charge < -0.3 is 9.47 Å². The van der Waals surface area contributed by atoms with E-state index in [-0.39, 0.29) is 0 Å². The van der Waals surface area contributed by atoms with Gasteiger partial charge in [-0.2, -0.15) is 0 Å². The maximum atomic E-state index is 12.9. The zero-order chi connectivity index (χ0) is 22.2. The van der Waals surface area contributed by atoms with E-state index in [2.05, 4.69) is 20.8 Å². The van der Waals surface area contributed by atoms with Crippen LogP contribution in [0.15, 0.2) is 72.8 Å². The second kappa shape index (κ2) is 10.6. The van der Waals surface area contributed by atoms with Gasteiger partial charge in [0.05, 0.1) is 11.1 Å². The first-order valence-corrected chi connectivity index (χ1v) is 10.7. The zero-order valence-corrected chi connectivity index (χ0v) is 18.3. The highest BCUT2D eigenvalue weighted by atomic mass is 16.6. The van der Waals surface area contributed by atoms with Gasteiger partial charge in [0, 0.05) is 0 Å². The molecule has 3 aromatic rings. The molecule has 31 heavy (non-hydrogen) atoms. The molecule has 0 heterocycles. The van der Waals surface area contributed by atoms with Crippen molar-refractivity contribution in [1.82, 2.24) is 0 Å². The zero-order valence-electron chi connectivity index (χ0n) is 18.3. The summed E-state index contributed by atoms with van der Waals surface area (Å²) in [5, 5.41) is 0. The predicted octanol–water partition coefficient (Wildman–Crippen LogP) is 6.28. The molecule has 0 aliphatic rings. The Balaban J connectivity index is 2.05. The first-order chi connectivity index (χ1) is 15.0. The Kier molecular flexibility index (Phi) is 7.60. The fourth-order valence-electron chi connectivity index (χ4n) is 3.39. The summed E-state index contributed by atoms with van der Waals surface area (Å²) in [4.78, 5) is 25.7. The van der Waals surface area contributed by atoms with Crippen LogP contribution < -0.4 is 9.47 Å². The lowest BCUT2D eigenvalue weighted by molar-refractivity contribution is 0.0679. The highest BCUT2D eigenvalue weighted by molar-refractivity contribution is 5.93. The average molecular weight is 417 g/mol. The third kappa shape index (κ3) is 5.82. The van der Waals surface area contributed by atoms with Crippen molar-refractivity contribution in [3.63, 3.8) is 0 Å². The molecule has 0 unspecified atom stereocenters. The standard InChI is InChI=1S/C27H28O4/c1-4-11-20-16-17-23(18-19(2)3)25(31-27(29)22-14-9-6-10-15-22)24(20)30-26(28)21-12-7-5-8-13-21/h5-10,12-17,19H,4,11,18H2,1-3H3. The summed E-state index contributed by atoms with van der Waals surface area (Å²) in [6, 6.07) is 21.6. The van der Waals surface area contributed by atoms with Crippen LogP contribution in [0.5, 0.6) is 11.5 Å². The monoisotopic (exact) mass is 416 g/mol. The van der Waals surface area contributed by atoms with Crippen LogP contribution in [0.1, 0.15) is 59.0 Å². The van der Waals surface area contributed by atoms with E-state index in [1.54, 1.807) is 48.5 Å². The van der Waals surface area contributed by atoms with Gasteiger partial charge in [0.1, 0.15) is 0 Å². The molecule has 3 rings (SSSR count). The largest absolute Gasteiger partial charge is 0.419 e. The van der Waals surface area contributed by atoms with Gasteiger partial charge in [-0.05, 0) is 54.2 Å². The Morgan fingerprint density at radius 3 is 1.61 bits per heavy atom. The molecular formula is C27H28O4. The summed E-state index contributed by atoms with van der Waals surface area (Å²) in [6.45, 7) is 6.25. The van der Waals surface area contributed by atoms with Crippen molar-refractivity contribution in [1.29, 1.82) is 0 Å². The van der Waals surface area contributed by atoms with Gasteiger partial charge in [-0.1, -0.05) is 75.7 Å². The van der Waals surface area contributed by atoms with Crippen LogP contribution in [0.25, 0.3) is 0 Å². The highest BCUT2D eigenvalue weighted by Gasteiger charge is 2.23. The molecule has 0 aliphatic carbocycles. The molecular weight excluding hydrogens is 388 g/mol. The van der Waals surface area contributed by atoms with Crippen molar-refractivity contribution in [2.45, 2.75) is 40.0 Å². The first-order valence-electron chi connectivity index (χ1n) is 10.7. The van der Waals surface area contributed by atoms with Crippen LogP contribution in [-0.4, -0.2) is 11.9 Å². The number of hydrogen-bond donors (Lipinski definition) is 0. The van der Waals surface area contributed by atoms with Gasteiger partial charge >= 0.3 is 11.9 Å². The third-order valence-electron chi connectivity index (χ3n) is 4.83. The Labute approximate surface area is 183 Å². The number of carbonyl (C=O) groups excluding carboxylic acids is 2. The van der Waals surface area contributed by atoms with E-state index < -0.39 is 11.9 Å². The minimum Gasteiger partial charge on any atom is -0.419 e. The Bertz CT molecular complexity index is 1020. The predicted molar refractivity (Wildman–Crippen MR) is 122 cm³/mol. The molecule has 0 aromatic heterocycles. The van der Waals surface area contributed by atoms with E-state index in [1.807, 2.05) is 24.3 Å². The van der Waals surface area contributed by atoms with Crippen LogP contribution >= 0.6 is 0 Å². The van der Waals surface area contributed by atoms with Crippen molar-refractivity contribution in [2.75, 3.05) is 0 Å². The van der Waals surface area contributed by atoms with E-state index in [1.165, 1.54) is 0 Å². The van der Waals surface area contributed by atoms with E-state index in [0.29, 0.717) is 41.4 Å². The number of aryl methyl sites for hydroxylation is 1. The van der Waals surface area contributed by atoms with Gasteiger partial charge in [0.15, 0.2) is 11.5 Å². The second-order valence-corrected chi connectivity index (χ2v) is 7.90. The fourth-order valence-corrected chi connectivity index (χ4v) is 3.39. The first kappa shape index (κ1) is 22.3. The van der Waals surface area contributed by atoms with Gasteiger partial charge in [-0.25, -0.2) is 9.59 Å². The maximum absolute atomic E-state index is 12.9. The number of hydrogen-bond acceptors (Lipinski definition) is 4. The van der Waals surface area contributed by atoms with Crippen molar-refractivity contribution in [3.8, 4) is 11.5 Å². The number of esters is 2. The molecule has 0 saturated heterocycles. The number of carbonyl (C=O) groups is 2. The van der Waals surface area contributed by atoms with Crippen molar-refractivity contribution >= 4 is 11.9 Å². The van der Waals surface area contributed by atoms with Gasteiger partial charge in [0.25, 0.3) is 0 Å². The van der Waals surface area contributed by atoms with Gasteiger partial charge in [-0.3, -0.25) is 0 Å². The molecule has 0 radical (unpaired) electrons. The quantitative estimate of drug-likeness (QED) is 0.320. The van der Waals surface area contributed by atoms with E-state index in [9.17, 15) is 9.59 Å². The Morgan fingerprint density at radius 2 is 1.16 bits per heavy atom. The summed E-state index contributed by atoms with van der Waals surface area (Å²) in [6.07, 6.45) is 2.26.